The van der Waals surface area contributed by atoms with Crippen LogP contribution >= 0.6 is 27.5 Å². The molecule has 7 heteroatoms. The van der Waals surface area contributed by atoms with Crippen molar-refractivity contribution in [1.82, 2.24) is 5.32 Å². The van der Waals surface area contributed by atoms with Gasteiger partial charge in [0.25, 0.3) is 0 Å². The number of amides is 2. The number of carbonyl (C=O) groups excluding carboxylic acids is 1. The maximum absolute atomic E-state index is 11.7. The predicted octanol–water partition coefficient (Wildman–Crippen LogP) is 4.12. The fraction of sp³-hybridized carbons (Fsp3) is 0.429. The normalized spacial score (nSPS) is 11.8. The first-order valence-electron chi connectivity index (χ1n) is 6.60. The topological polar surface area (TPSA) is 78.4 Å². The molecule has 0 heterocycles. The van der Waals surface area contributed by atoms with E-state index in [1.165, 1.54) is 0 Å². The molecule has 1 atom stereocenters. The first kappa shape index (κ1) is 17.8. The summed E-state index contributed by atoms with van der Waals surface area (Å²) >= 11 is 9.29. The highest BCUT2D eigenvalue weighted by molar-refractivity contribution is 9.10. The molecule has 0 aliphatic carbocycles. The van der Waals surface area contributed by atoms with Gasteiger partial charge in [0.05, 0.1) is 10.7 Å². The fourth-order valence-corrected chi connectivity index (χ4v) is 2.42. The van der Waals surface area contributed by atoms with E-state index < -0.39 is 5.97 Å². The molecule has 0 spiro atoms. The van der Waals surface area contributed by atoms with E-state index in [-0.39, 0.29) is 18.4 Å². The molecule has 5 nitrogen and oxygen atoms in total. The monoisotopic (exact) mass is 376 g/mol. The van der Waals surface area contributed by atoms with Crippen molar-refractivity contribution in [3.05, 3.63) is 27.7 Å². The molecule has 1 aromatic carbocycles. The molecular weight excluding hydrogens is 360 g/mol. The maximum atomic E-state index is 11.7. The molecule has 0 fully saturated rings. The maximum Gasteiger partial charge on any atom is 0.319 e. The Balaban J connectivity index is 2.29. The molecule has 116 valence electrons. The van der Waals surface area contributed by atoms with Crippen LogP contribution in [0.15, 0.2) is 22.7 Å². The van der Waals surface area contributed by atoms with Crippen molar-refractivity contribution in [3.8, 4) is 0 Å². The highest BCUT2D eigenvalue weighted by Gasteiger charge is 2.08. The molecule has 2 amide bonds. The second-order valence-corrected chi connectivity index (χ2v) is 6.15. The van der Waals surface area contributed by atoms with Crippen LogP contribution in [-0.4, -0.2) is 23.7 Å². The number of carbonyl (C=O) groups is 2. The Morgan fingerprint density at radius 1 is 1.38 bits per heavy atom. The summed E-state index contributed by atoms with van der Waals surface area (Å²) in [6.45, 7) is 2.45. The van der Waals surface area contributed by atoms with Gasteiger partial charge in [-0.2, -0.15) is 0 Å². The summed E-state index contributed by atoms with van der Waals surface area (Å²) in [6, 6.07) is 4.87. The summed E-state index contributed by atoms with van der Waals surface area (Å²) in [5.41, 5.74) is 0.538. The lowest BCUT2D eigenvalue weighted by atomic mass is 10.0. The Kier molecular flexibility index (Phi) is 7.53. The fourth-order valence-electron chi connectivity index (χ4n) is 1.70. The summed E-state index contributed by atoms with van der Waals surface area (Å²) in [4.78, 5) is 22.2. The van der Waals surface area contributed by atoms with Gasteiger partial charge in [-0.15, -0.1) is 0 Å². The van der Waals surface area contributed by atoms with Crippen LogP contribution in [0.2, 0.25) is 5.02 Å². The Bertz CT molecular complexity index is 511. The van der Waals surface area contributed by atoms with E-state index in [0.717, 1.165) is 10.9 Å². The zero-order chi connectivity index (χ0) is 15.8. The van der Waals surface area contributed by atoms with Crippen molar-refractivity contribution in [2.24, 2.45) is 5.92 Å². The van der Waals surface area contributed by atoms with Gasteiger partial charge in [0.2, 0.25) is 0 Å². The average molecular weight is 378 g/mol. The largest absolute Gasteiger partial charge is 0.481 e. The lowest BCUT2D eigenvalue weighted by Gasteiger charge is -2.12. The Hall–Kier alpha value is -1.27. The van der Waals surface area contributed by atoms with Crippen LogP contribution in [0.5, 0.6) is 0 Å². The summed E-state index contributed by atoms with van der Waals surface area (Å²) in [5.74, 6) is -0.546. The summed E-state index contributed by atoms with van der Waals surface area (Å²) < 4.78 is 0.839. The van der Waals surface area contributed by atoms with Gasteiger partial charge < -0.3 is 15.7 Å². The highest BCUT2D eigenvalue weighted by atomic mass is 79.9. The van der Waals surface area contributed by atoms with Crippen molar-refractivity contribution >= 4 is 45.2 Å². The van der Waals surface area contributed by atoms with Crippen molar-refractivity contribution in [2.75, 3.05) is 11.9 Å². The Morgan fingerprint density at radius 2 is 2.10 bits per heavy atom. The predicted molar refractivity (Wildman–Crippen MR) is 86.8 cm³/mol. The number of nitrogens with one attached hydrogen (secondary N) is 2. The molecule has 3 N–H and O–H groups in total. The minimum Gasteiger partial charge on any atom is -0.481 e. The molecule has 0 saturated heterocycles. The molecule has 0 aromatic heterocycles. The van der Waals surface area contributed by atoms with E-state index in [9.17, 15) is 9.59 Å². The summed E-state index contributed by atoms with van der Waals surface area (Å²) in [6.07, 6.45) is 1.49. The highest BCUT2D eigenvalue weighted by Crippen LogP contribution is 2.25. The van der Waals surface area contributed by atoms with Gasteiger partial charge >= 0.3 is 12.0 Å². The van der Waals surface area contributed by atoms with Gasteiger partial charge in [-0.3, -0.25) is 4.79 Å². The molecule has 0 radical (unpaired) electrons. The molecule has 1 rings (SSSR count). The average Bonchev–Trinajstić information content (AvgIpc) is 2.39. The zero-order valence-electron chi connectivity index (χ0n) is 11.7. The minimum atomic E-state index is -0.794. The van der Waals surface area contributed by atoms with Gasteiger partial charge in [-0.1, -0.05) is 34.5 Å². The molecule has 1 aromatic rings. The van der Waals surface area contributed by atoms with E-state index in [4.69, 9.17) is 16.7 Å². The van der Waals surface area contributed by atoms with Crippen LogP contribution < -0.4 is 10.6 Å². The molecule has 0 bridgehead atoms. The molecule has 0 aliphatic rings. The third-order valence-corrected chi connectivity index (χ3v) is 3.76. The van der Waals surface area contributed by atoms with Gasteiger partial charge in [-0.05, 0) is 37.0 Å². The van der Waals surface area contributed by atoms with E-state index in [2.05, 4.69) is 26.6 Å². The molecular formula is C14H18BrClN2O3. The second kappa shape index (κ2) is 8.89. The third-order valence-electron chi connectivity index (χ3n) is 2.95. The summed E-state index contributed by atoms with van der Waals surface area (Å²) in [5, 5.41) is 14.4. The number of benzene rings is 1. The minimum absolute atomic E-state index is 0.155. The van der Waals surface area contributed by atoms with Gasteiger partial charge in [0, 0.05) is 17.4 Å². The lowest BCUT2D eigenvalue weighted by molar-refractivity contribution is -0.137. The first-order chi connectivity index (χ1) is 9.88. The van der Waals surface area contributed by atoms with Crippen LogP contribution in [0, 0.1) is 5.92 Å². The number of halogens is 2. The third kappa shape index (κ3) is 7.34. The van der Waals surface area contributed by atoms with Gasteiger partial charge in [0.15, 0.2) is 0 Å². The number of carboxylic acid groups (broad SMARTS) is 1. The summed E-state index contributed by atoms with van der Waals surface area (Å²) in [7, 11) is 0. The van der Waals surface area contributed by atoms with Crippen molar-refractivity contribution in [2.45, 2.75) is 26.2 Å². The molecule has 0 aliphatic heterocycles. The number of aliphatic carboxylic acids is 1. The standard InChI is InChI=1S/C14H18BrClN2O3/c1-9(2-5-13(19)20)6-7-17-14(21)18-12-4-3-10(15)8-11(12)16/h3-4,8-9H,2,5-7H2,1H3,(H,19,20)(H2,17,18,21). The number of hydrogen-bond donors (Lipinski definition) is 3. The molecule has 1 unspecified atom stereocenters. The Labute approximate surface area is 137 Å². The smallest absolute Gasteiger partial charge is 0.319 e. The SMILES string of the molecule is CC(CCNC(=O)Nc1ccc(Br)cc1Cl)CCC(=O)O. The van der Waals surface area contributed by atoms with Crippen molar-refractivity contribution < 1.29 is 14.7 Å². The number of urea groups is 1. The number of anilines is 1. The number of rotatable bonds is 7. The van der Waals surface area contributed by atoms with Crippen LogP contribution in [0.1, 0.15) is 26.2 Å². The van der Waals surface area contributed by atoms with Crippen molar-refractivity contribution in [1.29, 1.82) is 0 Å². The zero-order valence-corrected chi connectivity index (χ0v) is 14.0. The van der Waals surface area contributed by atoms with Gasteiger partial charge in [-0.25, -0.2) is 4.79 Å². The van der Waals surface area contributed by atoms with Crippen LogP contribution in [0.3, 0.4) is 0 Å². The van der Waals surface area contributed by atoms with Crippen LogP contribution in [0.4, 0.5) is 10.5 Å². The van der Waals surface area contributed by atoms with E-state index in [1.54, 1.807) is 18.2 Å². The van der Waals surface area contributed by atoms with E-state index in [0.29, 0.717) is 23.7 Å². The quantitative estimate of drug-likeness (QED) is 0.669. The van der Waals surface area contributed by atoms with Crippen molar-refractivity contribution in [3.63, 3.8) is 0 Å². The van der Waals surface area contributed by atoms with Crippen LogP contribution in [0.25, 0.3) is 0 Å². The number of carboxylic acids is 1. The van der Waals surface area contributed by atoms with E-state index in [1.807, 2.05) is 6.92 Å². The van der Waals surface area contributed by atoms with Crippen LogP contribution in [-0.2, 0) is 4.79 Å². The Morgan fingerprint density at radius 3 is 2.71 bits per heavy atom. The molecule has 21 heavy (non-hydrogen) atoms. The molecule has 0 saturated carbocycles. The lowest BCUT2D eigenvalue weighted by Crippen LogP contribution is -2.30. The first-order valence-corrected chi connectivity index (χ1v) is 7.77. The second-order valence-electron chi connectivity index (χ2n) is 4.83. The van der Waals surface area contributed by atoms with E-state index >= 15 is 0 Å². The van der Waals surface area contributed by atoms with Gasteiger partial charge in [0.1, 0.15) is 0 Å². The number of hydrogen-bond acceptors (Lipinski definition) is 2.